The number of rotatable bonds is 5. The highest BCUT2D eigenvalue weighted by molar-refractivity contribution is 5.73. The molecule has 6 N–H and O–H groups in total. The third-order valence-corrected chi connectivity index (χ3v) is 2.30. The smallest absolute Gasteiger partial charge is 0.320 e. The first-order valence-electron chi connectivity index (χ1n) is 5.24. The SMILES string of the molecule is CCC(C)C(N)C(=O)O.CCC(N)C(=O)O. The van der Waals surface area contributed by atoms with Gasteiger partial charge in [0.15, 0.2) is 0 Å². The van der Waals surface area contributed by atoms with E-state index in [-0.39, 0.29) is 5.92 Å². The van der Waals surface area contributed by atoms with E-state index in [1.54, 1.807) is 6.92 Å². The first kappa shape index (κ1) is 17.3. The molecule has 0 aliphatic heterocycles. The fourth-order valence-corrected chi connectivity index (χ4v) is 0.672. The summed E-state index contributed by atoms with van der Waals surface area (Å²) in [7, 11) is 0. The van der Waals surface area contributed by atoms with E-state index in [9.17, 15) is 9.59 Å². The third-order valence-electron chi connectivity index (χ3n) is 2.30. The second-order valence-corrected chi connectivity index (χ2v) is 3.60. The molecule has 6 nitrogen and oxygen atoms in total. The van der Waals surface area contributed by atoms with Crippen molar-refractivity contribution in [1.29, 1.82) is 0 Å². The molecule has 0 rings (SSSR count). The lowest BCUT2D eigenvalue weighted by Gasteiger charge is -2.11. The Morgan fingerprint density at radius 3 is 1.56 bits per heavy atom. The highest BCUT2D eigenvalue weighted by atomic mass is 16.4. The predicted molar refractivity (Wildman–Crippen MR) is 61.0 cm³/mol. The second kappa shape index (κ2) is 9.11. The quantitative estimate of drug-likeness (QED) is 0.540. The van der Waals surface area contributed by atoms with Crippen molar-refractivity contribution in [1.82, 2.24) is 0 Å². The van der Waals surface area contributed by atoms with Gasteiger partial charge < -0.3 is 21.7 Å². The van der Waals surface area contributed by atoms with Gasteiger partial charge >= 0.3 is 11.9 Å². The van der Waals surface area contributed by atoms with Gasteiger partial charge in [-0.15, -0.1) is 0 Å². The van der Waals surface area contributed by atoms with Crippen molar-refractivity contribution in [3.63, 3.8) is 0 Å². The van der Waals surface area contributed by atoms with Gasteiger partial charge in [0.25, 0.3) is 0 Å². The van der Waals surface area contributed by atoms with Crippen LogP contribution in [-0.2, 0) is 9.59 Å². The average molecular weight is 234 g/mol. The minimum absolute atomic E-state index is 0.0718. The topological polar surface area (TPSA) is 127 Å². The van der Waals surface area contributed by atoms with Crippen molar-refractivity contribution in [3.05, 3.63) is 0 Å². The Morgan fingerprint density at radius 2 is 1.50 bits per heavy atom. The van der Waals surface area contributed by atoms with E-state index in [4.69, 9.17) is 21.7 Å². The summed E-state index contributed by atoms with van der Waals surface area (Å²) >= 11 is 0. The lowest BCUT2D eigenvalue weighted by atomic mass is 10.0. The number of carbonyl (C=O) groups is 2. The number of carboxylic acid groups (broad SMARTS) is 2. The molecule has 0 saturated heterocycles. The third kappa shape index (κ3) is 8.19. The van der Waals surface area contributed by atoms with E-state index in [1.165, 1.54) is 0 Å². The van der Waals surface area contributed by atoms with Crippen LogP contribution in [0.15, 0.2) is 0 Å². The van der Waals surface area contributed by atoms with E-state index in [0.29, 0.717) is 6.42 Å². The van der Waals surface area contributed by atoms with Crippen molar-refractivity contribution in [2.75, 3.05) is 0 Å². The van der Waals surface area contributed by atoms with Crippen LogP contribution in [0.4, 0.5) is 0 Å². The molecule has 96 valence electrons. The molecular formula is C10H22N2O4. The molecule has 0 spiro atoms. The first-order chi connectivity index (χ1) is 7.27. The number of nitrogens with two attached hydrogens (primary N) is 2. The maximum absolute atomic E-state index is 10.2. The molecule has 0 saturated carbocycles. The van der Waals surface area contributed by atoms with Crippen LogP contribution in [0.3, 0.4) is 0 Å². The van der Waals surface area contributed by atoms with E-state index in [1.807, 2.05) is 13.8 Å². The summed E-state index contributed by atoms with van der Waals surface area (Å²) in [5.74, 6) is -1.77. The Labute approximate surface area is 95.6 Å². The van der Waals surface area contributed by atoms with Gasteiger partial charge in [0.1, 0.15) is 12.1 Å². The molecule has 0 amide bonds. The van der Waals surface area contributed by atoms with E-state index < -0.39 is 24.0 Å². The fraction of sp³-hybridized carbons (Fsp3) is 0.800. The molecule has 0 fully saturated rings. The Hall–Kier alpha value is -1.14. The van der Waals surface area contributed by atoms with Crippen molar-refractivity contribution in [2.45, 2.75) is 45.7 Å². The zero-order chi connectivity index (χ0) is 13.3. The van der Waals surface area contributed by atoms with Crippen molar-refractivity contribution < 1.29 is 19.8 Å². The molecule has 0 radical (unpaired) electrons. The van der Waals surface area contributed by atoms with Crippen molar-refractivity contribution >= 4 is 11.9 Å². The summed E-state index contributed by atoms with van der Waals surface area (Å²) in [5, 5.41) is 16.4. The van der Waals surface area contributed by atoms with Gasteiger partial charge in [0.05, 0.1) is 0 Å². The van der Waals surface area contributed by atoms with Crippen molar-refractivity contribution in [3.8, 4) is 0 Å². The van der Waals surface area contributed by atoms with Crippen molar-refractivity contribution in [2.24, 2.45) is 17.4 Å². The lowest BCUT2D eigenvalue weighted by Crippen LogP contribution is -2.36. The molecule has 0 heterocycles. The average Bonchev–Trinajstić information content (AvgIpc) is 2.26. The number of hydrogen-bond acceptors (Lipinski definition) is 4. The lowest BCUT2D eigenvalue weighted by molar-refractivity contribution is -0.140. The molecule has 3 atom stereocenters. The van der Waals surface area contributed by atoms with Crippen LogP contribution in [0.25, 0.3) is 0 Å². The number of aliphatic carboxylic acids is 2. The van der Waals surface area contributed by atoms with Gasteiger partial charge in [0.2, 0.25) is 0 Å². The highest BCUT2D eigenvalue weighted by Crippen LogP contribution is 2.04. The fourth-order valence-electron chi connectivity index (χ4n) is 0.672. The summed E-state index contributed by atoms with van der Waals surface area (Å²) < 4.78 is 0. The van der Waals surface area contributed by atoms with Gasteiger partial charge in [-0.2, -0.15) is 0 Å². The normalized spacial score (nSPS) is 15.3. The van der Waals surface area contributed by atoms with Crippen LogP contribution in [-0.4, -0.2) is 34.2 Å². The standard InChI is InChI=1S/C6H13NO2.C4H9NO2/c1-3-4(2)5(7)6(8)9;1-2-3(5)4(6)7/h4-5H,3,7H2,1-2H3,(H,8,9);3H,2,5H2,1H3,(H,6,7). The van der Waals surface area contributed by atoms with Gasteiger partial charge in [-0.3, -0.25) is 9.59 Å². The Morgan fingerprint density at radius 1 is 1.06 bits per heavy atom. The Bertz CT molecular complexity index is 221. The predicted octanol–water partition coefficient (Wildman–Crippen LogP) is 0.253. The maximum Gasteiger partial charge on any atom is 0.320 e. The van der Waals surface area contributed by atoms with Crippen LogP contribution in [0.1, 0.15) is 33.6 Å². The monoisotopic (exact) mass is 234 g/mol. The summed E-state index contributed by atoms with van der Waals surface area (Å²) in [6, 6.07) is -1.38. The molecular weight excluding hydrogens is 212 g/mol. The summed E-state index contributed by atoms with van der Waals surface area (Å²) in [4.78, 5) is 20.0. The van der Waals surface area contributed by atoms with Crippen LogP contribution in [0, 0.1) is 5.92 Å². The van der Waals surface area contributed by atoms with Crippen LogP contribution >= 0.6 is 0 Å². The summed E-state index contributed by atoms with van der Waals surface area (Å²) in [6.07, 6.45) is 1.31. The number of hydrogen-bond donors (Lipinski definition) is 4. The molecule has 0 aromatic heterocycles. The number of carboxylic acids is 2. The highest BCUT2D eigenvalue weighted by Gasteiger charge is 2.17. The largest absolute Gasteiger partial charge is 0.480 e. The zero-order valence-corrected chi connectivity index (χ0v) is 10.0. The Kier molecular flexibility index (Phi) is 9.83. The van der Waals surface area contributed by atoms with Crippen LogP contribution < -0.4 is 11.5 Å². The molecule has 0 aliphatic carbocycles. The minimum Gasteiger partial charge on any atom is -0.480 e. The van der Waals surface area contributed by atoms with E-state index in [0.717, 1.165) is 6.42 Å². The van der Waals surface area contributed by atoms with E-state index in [2.05, 4.69) is 0 Å². The molecule has 3 unspecified atom stereocenters. The first-order valence-corrected chi connectivity index (χ1v) is 5.24. The Balaban J connectivity index is 0. The van der Waals surface area contributed by atoms with E-state index >= 15 is 0 Å². The van der Waals surface area contributed by atoms with Gasteiger partial charge in [-0.1, -0.05) is 27.2 Å². The van der Waals surface area contributed by atoms with Gasteiger partial charge in [-0.25, -0.2) is 0 Å². The summed E-state index contributed by atoms with van der Waals surface area (Å²) in [5.41, 5.74) is 10.3. The van der Waals surface area contributed by atoms with Crippen LogP contribution in [0.5, 0.6) is 0 Å². The molecule has 0 aliphatic rings. The minimum atomic E-state index is -0.928. The summed E-state index contributed by atoms with van der Waals surface area (Å²) in [6.45, 7) is 5.49. The molecule has 16 heavy (non-hydrogen) atoms. The molecule has 0 aromatic rings. The molecule has 0 bridgehead atoms. The molecule has 0 aromatic carbocycles. The maximum atomic E-state index is 10.2. The van der Waals surface area contributed by atoms with Gasteiger partial charge in [-0.05, 0) is 12.3 Å². The second-order valence-electron chi connectivity index (χ2n) is 3.60. The van der Waals surface area contributed by atoms with Gasteiger partial charge in [0, 0.05) is 0 Å². The zero-order valence-electron chi connectivity index (χ0n) is 10.0. The van der Waals surface area contributed by atoms with Crippen LogP contribution in [0.2, 0.25) is 0 Å². The molecule has 6 heteroatoms.